The number of benzene rings is 1. The Morgan fingerprint density at radius 2 is 2.17 bits per heavy atom. The maximum absolute atomic E-state index is 11.6. The predicted molar refractivity (Wildman–Crippen MR) is 66.9 cm³/mol. The molecule has 1 aromatic rings. The number of nitrogens with one attached hydrogen (secondary N) is 1. The fraction of sp³-hybridized carbons (Fsp3) is 0.429. The molecule has 0 saturated carbocycles. The molecule has 0 aliphatic heterocycles. The third-order valence-corrected chi connectivity index (χ3v) is 3.14. The van der Waals surface area contributed by atoms with Gasteiger partial charge in [-0.05, 0) is 37.3 Å². The lowest BCUT2D eigenvalue weighted by atomic mass is 9.88. The third kappa shape index (κ3) is 2.70. The van der Waals surface area contributed by atoms with Crippen LogP contribution in [0.3, 0.4) is 0 Å². The van der Waals surface area contributed by atoms with Crippen LogP contribution in [0.15, 0.2) is 24.3 Å². The monoisotopic (exact) mass is 247 g/mol. The second-order valence-electron chi connectivity index (χ2n) is 4.34. The molecule has 0 radical (unpaired) electrons. The minimum absolute atomic E-state index is 0.0770. The molecule has 1 aromatic carbocycles. The van der Waals surface area contributed by atoms with Gasteiger partial charge in [-0.1, -0.05) is 24.3 Å². The first-order chi connectivity index (χ1) is 8.72. The Hall–Kier alpha value is -1.84. The minimum atomic E-state index is -0.805. The molecule has 0 heterocycles. The topological polar surface area (TPSA) is 55.4 Å². The molecule has 0 bridgehead atoms. The predicted octanol–water partition coefficient (Wildman–Crippen LogP) is 1.74. The van der Waals surface area contributed by atoms with E-state index in [0.717, 1.165) is 24.8 Å². The number of carbonyl (C=O) groups is 2. The molecule has 0 fully saturated rings. The summed E-state index contributed by atoms with van der Waals surface area (Å²) in [7, 11) is 0. The van der Waals surface area contributed by atoms with Gasteiger partial charge in [0.15, 0.2) is 0 Å². The van der Waals surface area contributed by atoms with Gasteiger partial charge in [0.1, 0.15) is 0 Å². The summed E-state index contributed by atoms with van der Waals surface area (Å²) in [6.07, 6.45) is 2.91. The molecule has 1 unspecified atom stereocenters. The van der Waals surface area contributed by atoms with Crippen LogP contribution in [-0.4, -0.2) is 18.5 Å². The van der Waals surface area contributed by atoms with Gasteiger partial charge in [0.2, 0.25) is 0 Å². The minimum Gasteiger partial charge on any atom is -0.459 e. The first-order valence-electron chi connectivity index (χ1n) is 6.27. The fourth-order valence-corrected chi connectivity index (χ4v) is 2.32. The molecule has 1 aliphatic carbocycles. The zero-order valence-corrected chi connectivity index (χ0v) is 10.4. The molecule has 0 aromatic heterocycles. The first-order valence-corrected chi connectivity index (χ1v) is 6.27. The zero-order chi connectivity index (χ0) is 13.0. The Balaban J connectivity index is 2.07. The highest BCUT2D eigenvalue weighted by Gasteiger charge is 2.24. The van der Waals surface area contributed by atoms with Crippen LogP contribution in [-0.2, 0) is 20.7 Å². The van der Waals surface area contributed by atoms with Gasteiger partial charge in [-0.3, -0.25) is 4.79 Å². The number of amides is 1. The van der Waals surface area contributed by atoms with Crippen LogP contribution in [0.4, 0.5) is 0 Å². The van der Waals surface area contributed by atoms with Gasteiger partial charge in [0, 0.05) is 0 Å². The number of rotatable bonds is 2. The quantitative estimate of drug-likeness (QED) is 0.639. The van der Waals surface area contributed by atoms with Gasteiger partial charge in [-0.2, -0.15) is 0 Å². The molecule has 1 N–H and O–H groups in total. The maximum Gasteiger partial charge on any atom is 0.396 e. The SMILES string of the molecule is CCOC(=O)C(=O)NC1CCCc2ccccc21. The summed E-state index contributed by atoms with van der Waals surface area (Å²) in [4.78, 5) is 22.9. The fourth-order valence-electron chi connectivity index (χ4n) is 2.32. The molecular formula is C14H17NO3. The van der Waals surface area contributed by atoms with E-state index >= 15 is 0 Å². The lowest BCUT2D eigenvalue weighted by Crippen LogP contribution is -2.36. The van der Waals surface area contributed by atoms with Gasteiger partial charge >= 0.3 is 11.9 Å². The van der Waals surface area contributed by atoms with E-state index in [0.29, 0.717) is 0 Å². The molecule has 4 nitrogen and oxygen atoms in total. The molecule has 1 aliphatic rings. The van der Waals surface area contributed by atoms with E-state index in [4.69, 9.17) is 0 Å². The molecule has 18 heavy (non-hydrogen) atoms. The number of carbonyl (C=O) groups excluding carboxylic acids is 2. The number of fused-ring (bicyclic) bond motifs is 1. The summed E-state index contributed by atoms with van der Waals surface area (Å²) >= 11 is 0. The lowest BCUT2D eigenvalue weighted by molar-refractivity contribution is -0.154. The van der Waals surface area contributed by atoms with Crippen molar-refractivity contribution in [2.24, 2.45) is 0 Å². The van der Waals surface area contributed by atoms with Crippen molar-refractivity contribution in [1.82, 2.24) is 5.32 Å². The average molecular weight is 247 g/mol. The molecule has 0 spiro atoms. The number of hydrogen-bond donors (Lipinski definition) is 1. The summed E-state index contributed by atoms with van der Waals surface area (Å²) in [5.74, 6) is -1.46. The molecule has 96 valence electrons. The van der Waals surface area contributed by atoms with E-state index in [1.54, 1.807) is 6.92 Å². The largest absolute Gasteiger partial charge is 0.459 e. The summed E-state index contributed by atoms with van der Waals surface area (Å²) in [5.41, 5.74) is 2.36. The summed E-state index contributed by atoms with van der Waals surface area (Å²) < 4.78 is 4.68. The Labute approximate surface area is 106 Å². The normalized spacial score (nSPS) is 17.7. The number of esters is 1. The van der Waals surface area contributed by atoms with Crippen molar-refractivity contribution in [3.05, 3.63) is 35.4 Å². The van der Waals surface area contributed by atoms with Crippen LogP contribution in [0.25, 0.3) is 0 Å². The van der Waals surface area contributed by atoms with Crippen molar-refractivity contribution < 1.29 is 14.3 Å². The van der Waals surface area contributed by atoms with Crippen molar-refractivity contribution in [2.45, 2.75) is 32.2 Å². The van der Waals surface area contributed by atoms with Crippen LogP contribution in [0.5, 0.6) is 0 Å². The summed E-state index contributed by atoms with van der Waals surface area (Å²) in [6.45, 7) is 1.90. The molecule has 0 saturated heterocycles. The smallest absolute Gasteiger partial charge is 0.396 e. The van der Waals surface area contributed by atoms with Crippen molar-refractivity contribution >= 4 is 11.9 Å². The highest BCUT2D eigenvalue weighted by Crippen LogP contribution is 2.29. The third-order valence-electron chi connectivity index (χ3n) is 3.14. The molecular weight excluding hydrogens is 230 g/mol. The second kappa shape index (κ2) is 5.67. The lowest BCUT2D eigenvalue weighted by Gasteiger charge is -2.25. The number of ether oxygens (including phenoxy) is 1. The number of aryl methyl sites for hydroxylation is 1. The van der Waals surface area contributed by atoms with Gasteiger partial charge in [-0.15, -0.1) is 0 Å². The van der Waals surface area contributed by atoms with Gasteiger partial charge < -0.3 is 10.1 Å². The first kappa shape index (κ1) is 12.6. The van der Waals surface area contributed by atoms with Crippen molar-refractivity contribution in [1.29, 1.82) is 0 Å². The highest BCUT2D eigenvalue weighted by molar-refractivity contribution is 6.32. The van der Waals surface area contributed by atoms with Crippen LogP contribution in [0.2, 0.25) is 0 Å². The van der Waals surface area contributed by atoms with Crippen molar-refractivity contribution in [3.63, 3.8) is 0 Å². The van der Waals surface area contributed by atoms with Gasteiger partial charge in [0.05, 0.1) is 12.6 Å². The molecule has 4 heteroatoms. The van der Waals surface area contributed by atoms with Crippen molar-refractivity contribution in [3.8, 4) is 0 Å². The summed E-state index contributed by atoms with van der Waals surface area (Å²) in [6, 6.07) is 7.94. The van der Waals surface area contributed by atoms with E-state index in [1.165, 1.54) is 5.56 Å². The Bertz CT molecular complexity index is 456. The summed E-state index contributed by atoms with van der Waals surface area (Å²) in [5, 5.41) is 2.75. The molecule has 2 rings (SSSR count). The Morgan fingerprint density at radius 1 is 1.39 bits per heavy atom. The molecule has 1 atom stereocenters. The van der Waals surface area contributed by atoms with Crippen LogP contribution >= 0.6 is 0 Å². The van der Waals surface area contributed by atoms with Gasteiger partial charge in [0.25, 0.3) is 0 Å². The number of hydrogen-bond acceptors (Lipinski definition) is 3. The highest BCUT2D eigenvalue weighted by atomic mass is 16.5. The second-order valence-corrected chi connectivity index (χ2v) is 4.34. The Morgan fingerprint density at radius 3 is 2.94 bits per heavy atom. The van der Waals surface area contributed by atoms with E-state index in [-0.39, 0.29) is 12.6 Å². The van der Waals surface area contributed by atoms with E-state index in [9.17, 15) is 9.59 Å². The van der Waals surface area contributed by atoms with E-state index < -0.39 is 11.9 Å². The average Bonchev–Trinajstić information content (AvgIpc) is 2.39. The van der Waals surface area contributed by atoms with Crippen LogP contribution in [0, 0.1) is 0 Å². The maximum atomic E-state index is 11.6. The molecule has 1 amide bonds. The van der Waals surface area contributed by atoms with Gasteiger partial charge in [-0.25, -0.2) is 4.79 Å². The van der Waals surface area contributed by atoms with Crippen LogP contribution < -0.4 is 5.32 Å². The standard InChI is InChI=1S/C14H17NO3/c1-2-18-14(17)13(16)15-12-9-5-7-10-6-3-4-8-11(10)12/h3-4,6,8,12H,2,5,7,9H2,1H3,(H,15,16). The Kier molecular flexibility index (Phi) is 3.97. The zero-order valence-electron chi connectivity index (χ0n) is 10.4. The van der Waals surface area contributed by atoms with E-state index in [2.05, 4.69) is 16.1 Å². The van der Waals surface area contributed by atoms with Crippen LogP contribution in [0.1, 0.15) is 36.9 Å². The van der Waals surface area contributed by atoms with Crippen molar-refractivity contribution in [2.75, 3.05) is 6.61 Å². The van der Waals surface area contributed by atoms with E-state index in [1.807, 2.05) is 18.2 Å².